The van der Waals surface area contributed by atoms with Crippen LogP contribution in [0.25, 0.3) is 0 Å². The van der Waals surface area contributed by atoms with E-state index in [9.17, 15) is 4.79 Å². The molecule has 0 heterocycles. The van der Waals surface area contributed by atoms with Gasteiger partial charge in [0, 0.05) is 6.42 Å². The summed E-state index contributed by atoms with van der Waals surface area (Å²) in [6.45, 7) is 0. The summed E-state index contributed by atoms with van der Waals surface area (Å²) in [5.74, 6) is 4.13. The number of nitrogens with two attached hydrogens (primary N) is 1. The third-order valence-corrected chi connectivity index (χ3v) is 0.861. The predicted octanol–water partition coefficient (Wildman–Crippen LogP) is 0.223. The summed E-state index contributed by atoms with van der Waals surface area (Å²) in [5, 5.41) is 6.60. The van der Waals surface area contributed by atoms with Crippen molar-refractivity contribution in [2.75, 3.05) is 0 Å². The van der Waals surface area contributed by atoms with Crippen LogP contribution in [0.5, 0.6) is 0 Å². The quantitative estimate of drug-likeness (QED) is 0.325. The summed E-state index contributed by atoms with van der Waals surface area (Å²) in [6.07, 6.45) is 2.80. The summed E-state index contributed by atoms with van der Waals surface area (Å²) < 4.78 is 0. The molecule has 0 saturated heterocycles. The average molecular weight is 130 g/mol. The van der Waals surface area contributed by atoms with Gasteiger partial charge in [-0.1, -0.05) is 0 Å². The van der Waals surface area contributed by atoms with Crippen molar-refractivity contribution < 1.29 is 9.63 Å². The maximum absolute atomic E-state index is 10.3. The molecule has 0 bridgehead atoms. The van der Waals surface area contributed by atoms with Gasteiger partial charge in [-0.2, -0.15) is 5.90 Å². The summed E-state index contributed by atoms with van der Waals surface area (Å²) in [7, 11) is 0. The predicted molar refractivity (Wildman–Crippen MR) is 32.9 cm³/mol. The molecule has 0 unspecified atom stereocenters. The molecule has 0 fully saturated rings. The highest BCUT2D eigenvalue weighted by molar-refractivity contribution is 5.69. The third-order valence-electron chi connectivity index (χ3n) is 0.861. The number of hydrogen-bond donors (Lipinski definition) is 2. The number of nitrogens with one attached hydrogen (secondary N) is 1. The Morgan fingerprint density at radius 1 is 1.78 bits per heavy atom. The van der Waals surface area contributed by atoms with Crippen LogP contribution >= 0.6 is 0 Å². The van der Waals surface area contributed by atoms with Gasteiger partial charge in [-0.15, -0.1) is 0 Å². The first kappa shape index (κ1) is 8.10. The molecule has 3 N–H and O–H groups in total. The van der Waals surface area contributed by atoms with Crippen molar-refractivity contribution in [3.8, 4) is 0 Å². The van der Waals surface area contributed by atoms with Gasteiger partial charge in [-0.3, -0.25) is 4.79 Å². The van der Waals surface area contributed by atoms with Crippen LogP contribution in [0.15, 0.2) is 0 Å². The van der Waals surface area contributed by atoms with Gasteiger partial charge in [-0.25, -0.2) is 0 Å². The molecule has 0 spiro atoms. The minimum absolute atomic E-state index is 0.297. The van der Waals surface area contributed by atoms with Crippen LogP contribution in [-0.2, 0) is 9.63 Å². The van der Waals surface area contributed by atoms with Crippen LogP contribution in [0.2, 0.25) is 0 Å². The van der Waals surface area contributed by atoms with Crippen LogP contribution in [0, 0.1) is 5.41 Å². The van der Waals surface area contributed by atoms with Crippen molar-refractivity contribution in [3.63, 3.8) is 0 Å². The normalized spacial score (nSPS) is 8.56. The summed E-state index contributed by atoms with van der Waals surface area (Å²) >= 11 is 0. The van der Waals surface area contributed by atoms with E-state index in [1.165, 1.54) is 6.21 Å². The fraction of sp³-hybridized carbons (Fsp3) is 0.600. The Bertz CT molecular complexity index is 103. The van der Waals surface area contributed by atoms with Crippen LogP contribution in [0.1, 0.15) is 19.3 Å². The van der Waals surface area contributed by atoms with Crippen LogP contribution in [0.3, 0.4) is 0 Å². The summed E-state index contributed by atoms with van der Waals surface area (Å²) in [6, 6.07) is 0. The second kappa shape index (κ2) is 5.24. The molecule has 4 heteroatoms. The Kier molecular flexibility index (Phi) is 4.72. The van der Waals surface area contributed by atoms with E-state index < -0.39 is 5.97 Å². The zero-order valence-electron chi connectivity index (χ0n) is 5.09. The van der Waals surface area contributed by atoms with Crippen molar-refractivity contribution in [2.45, 2.75) is 19.3 Å². The van der Waals surface area contributed by atoms with E-state index in [2.05, 4.69) is 10.7 Å². The Balaban J connectivity index is 3.06. The van der Waals surface area contributed by atoms with Gasteiger partial charge >= 0.3 is 5.97 Å². The summed E-state index contributed by atoms with van der Waals surface area (Å²) in [5.41, 5.74) is 0. The minimum Gasteiger partial charge on any atom is -0.373 e. The molecule has 0 aliphatic heterocycles. The molecule has 0 aromatic heterocycles. The van der Waals surface area contributed by atoms with E-state index >= 15 is 0 Å². The standard InChI is InChI=1S/C5H10N2O2/c6-4-2-1-3-5(8)9-7/h4,6H,1-3,7H2. The second-order valence-corrected chi connectivity index (χ2v) is 1.59. The lowest BCUT2D eigenvalue weighted by molar-refractivity contribution is -0.144. The molecule has 0 aliphatic rings. The zero-order chi connectivity index (χ0) is 7.11. The minimum atomic E-state index is -0.420. The lowest BCUT2D eigenvalue weighted by atomic mass is 10.2. The van der Waals surface area contributed by atoms with E-state index in [0.717, 1.165) is 0 Å². The number of carbonyl (C=O) groups is 1. The molecule has 0 aliphatic carbocycles. The monoisotopic (exact) mass is 130 g/mol. The number of hydrogen-bond acceptors (Lipinski definition) is 4. The second-order valence-electron chi connectivity index (χ2n) is 1.59. The van der Waals surface area contributed by atoms with Gasteiger partial charge in [0.25, 0.3) is 0 Å². The molecular formula is C5H10N2O2. The van der Waals surface area contributed by atoms with Crippen LogP contribution < -0.4 is 5.90 Å². The molecule has 0 aromatic rings. The fourth-order valence-electron chi connectivity index (χ4n) is 0.407. The number of unbranched alkanes of at least 4 members (excludes halogenated alkanes) is 1. The Morgan fingerprint density at radius 3 is 2.89 bits per heavy atom. The lowest BCUT2D eigenvalue weighted by Crippen LogP contribution is -2.08. The molecule has 9 heavy (non-hydrogen) atoms. The van der Waals surface area contributed by atoms with Crippen molar-refractivity contribution in [2.24, 2.45) is 5.90 Å². The third kappa shape index (κ3) is 4.96. The van der Waals surface area contributed by atoms with E-state index in [-0.39, 0.29) is 0 Å². The Labute approximate surface area is 53.5 Å². The first-order valence-corrected chi connectivity index (χ1v) is 2.69. The SMILES string of the molecule is N=CCCCC(=O)ON. The molecule has 0 aromatic carbocycles. The largest absolute Gasteiger partial charge is 0.373 e. The van der Waals surface area contributed by atoms with Gasteiger partial charge < -0.3 is 10.2 Å². The molecule has 0 rings (SSSR count). The first-order valence-electron chi connectivity index (χ1n) is 2.69. The van der Waals surface area contributed by atoms with E-state index in [1.54, 1.807) is 0 Å². The van der Waals surface area contributed by atoms with Crippen LogP contribution in [-0.4, -0.2) is 12.2 Å². The first-order chi connectivity index (χ1) is 4.31. The molecule has 0 saturated carbocycles. The lowest BCUT2D eigenvalue weighted by Gasteiger charge is -1.92. The van der Waals surface area contributed by atoms with E-state index in [0.29, 0.717) is 19.3 Å². The fourth-order valence-corrected chi connectivity index (χ4v) is 0.407. The zero-order valence-corrected chi connectivity index (χ0v) is 5.09. The van der Waals surface area contributed by atoms with Gasteiger partial charge in [0.2, 0.25) is 0 Å². The van der Waals surface area contributed by atoms with Gasteiger partial charge in [0.15, 0.2) is 0 Å². The highest BCUT2D eigenvalue weighted by atomic mass is 16.7. The van der Waals surface area contributed by atoms with Crippen molar-refractivity contribution in [3.05, 3.63) is 0 Å². The van der Waals surface area contributed by atoms with Crippen molar-refractivity contribution in [1.82, 2.24) is 0 Å². The number of carbonyl (C=O) groups excluding carboxylic acids is 1. The molecule has 0 amide bonds. The Hall–Kier alpha value is -0.900. The topological polar surface area (TPSA) is 76.2 Å². The van der Waals surface area contributed by atoms with E-state index in [1.807, 2.05) is 0 Å². The van der Waals surface area contributed by atoms with Gasteiger partial charge in [0.1, 0.15) is 0 Å². The maximum Gasteiger partial charge on any atom is 0.324 e. The van der Waals surface area contributed by atoms with Gasteiger partial charge in [-0.05, 0) is 19.1 Å². The average Bonchev–Trinajstić information content (AvgIpc) is 1.89. The molecule has 0 radical (unpaired) electrons. The van der Waals surface area contributed by atoms with E-state index in [4.69, 9.17) is 5.41 Å². The summed E-state index contributed by atoms with van der Waals surface area (Å²) in [4.78, 5) is 14.1. The smallest absolute Gasteiger partial charge is 0.324 e. The maximum atomic E-state index is 10.3. The highest BCUT2D eigenvalue weighted by Crippen LogP contribution is 1.92. The van der Waals surface area contributed by atoms with Crippen molar-refractivity contribution >= 4 is 12.2 Å². The molecule has 4 nitrogen and oxygen atoms in total. The van der Waals surface area contributed by atoms with Crippen molar-refractivity contribution in [1.29, 1.82) is 5.41 Å². The van der Waals surface area contributed by atoms with Gasteiger partial charge in [0.05, 0.1) is 0 Å². The molecular weight excluding hydrogens is 120 g/mol. The highest BCUT2D eigenvalue weighted by Gasteiger charge is 1.97. The molecule has 0 atom stereocenters. The molecule has 52 valence electrons. The number of rotatable bonds is 4. The van der Waals surface area contributed by atoms with Crippen LogP contribution in [0.4, 0.5) is 0 Å². The Morgan fingerprint density at radius 2 is 2.44 bits per heavy atom.